The molecule has 0 spiro atoms. The Morgan fingerprint density at radius 3 is 2.40 bits per heavy atom. The van der Waals surface area contributed by atoms with Gasteiger partial charge in [0.25, 0.3) is 5.92 Å². The summed E-state index contributed by atoms with van der Waals surface area (Å²) in [4.78, 5) is 11.1. The Hall–Kier alpha value is -0.870. The first-order valence-electron chi connectivity index (χ1n) is 5.15. The summed E-state index contributed by atoms with van der Waals surface area (Å²) in [5.74, 6) is -2.82. The van der Waals surface area contributed by atoms with Gasteiger partial charge in [-0.3, -0.25) is 0 Å². The second-order valence-corrected chi connectivity index (χ2v) is 4.41. The fourth-order valence-corrected chi connectivity index (χ4v) is 1.40. The molecule has 0 saturated heterocycles. The van der Waals surface area contributed by atoms with E-state index in [0.29, 0.717) is 0 Å². The molecular formula is C10H17F2NO2. The highest BCUT2D eigenvalue weighted by atomic mass is 19.3. The predicted molar refractivity (Wildman–Crippen MR) is 51.9 cm³/mol. The van der Waals surface area contributed by atoms with Crippen LogP contribution < -0.4 is 5.32 Å². The van der Waals surface area contributed by atoms with Crippen LogP contribution in [0.5, 0.6) is 0 Å². The fourth-order valence-electron chi connectivity index (χ4n) is 1.40. The van der Waals surface area contributed by atoms with Gasteiger partial charge >= 0.3 is 6.09 Å². The maximum absolute atomic E-state index is 13.1. The number of carbonyl (C=O) groups is 1. The third kappa shape index (κ3) is 2.21. The Balaban J connectivity index is 2.29. The van der Waals surface area contributed by atoms with Crippen LogP contribution in [0.4, 0.5) is 13.6 Å². The van der Waals surface area contributed by atoms with Crippen molar-refractivity contribution in [3.05, 3.63) is 0 Å². The van der Waals surface area contributed by atoms with E-state index in [1.807, 2.05) is 6.92 Å². The second kappa shape index (κ2) is 3.94. The summed E-state index contributed by atoms with van der Waals surface area (Å²) in [5, 5.41) is 2.18. The fraction of sp³-hybridized carbons (Fsp3) is 0.900. The Kier molecular flexibility index (Phi) is 3.21. The molecule has 3 nitrogen and oxygen atoms in total. The summed E-state index contributed by atoms with van der Waals surface area (Å²) in [7, 11) is 0. The van der Waals surface area contributed by atoms with Gasteiger partial charge in [0.1, 0.15) is 6.04 Å². The zero-order valence-electron chi connectivity index (χ0n) is 9.27. The number of halogens is 2. The number of amides is 1. The number of alkyl halides is 2. The summed E-state index contributed by atoms with van der Waals surface area (Å²) >= 11 is 0. The van der Waals surface area contributed by atoms with Crippen molar-refractivity contribution in [2.45, 2.75) is 45.6 Å². The van der Waals surface area contributed by atoms with Crippen molar-refractivity contribution in [1.29, 1.82) is 0 Å². The number of hydrogen-bond acceptors (Lipinski definition) is 2. The molecule has 1 rings (SSSR count). The molecule has 1 fully saturated rings. The molecule has 0 aromatic rings. The van der Waals surface area contributed by atoms with Crippen molar-refractivity contribution in [3.8, 4) is 0 Å². The van der Waals surface area contributed by atoms with Crippen molar-refractivity contribution in [2.75, 3.05) is 6.61 Å². The lowest BCUT2D eigenvalue weighted by atomic mass is 10.2. The molecule has 5 heteroatoms. The topological polar surface area (TPSA) is 38.3 Å². The van der Waals surface area contributed by atoms with E-state index >= 15 is 0 Å². The highest BCUT2D eigenvalue weighted by Gasteiger charge is 2.76. The van der Waals surface area contributed by atoms with Crippen LogP contribution in [0.15, 0.2) is 0 Å². The summed E-state index contributed by atoms with van der Waals surface area (Å²) < 4.78 is 30.8. The van der Waals surface area contributed by atoms with E-state index < -0.39 is 23.5 Å². The Morgan fingerprint density at radius 2 is 2.00 bits per heavy atom. The second-order valence-electron chi connectivity index (χ2n) is 4.41. The molecule has 0 radical (unpaired) electrons. The maximum Gasteiger partial charge on any atom is 0.407 e. The van der Waals surface area contributed by atoms with Crippen molar-refractivity contribution in [3.63, 3.8) is 0 Å². The zero-order valence-corrected chi connectivity index (χ0v) is 9.27. The molecule has 0 aromatic heterocycles. The SMILES string of the molecule is CCCCOC(=O)NC1C(C)(C)C1(F)F. The van der Waals surface area contributed by atoms with Crippen LogP contribution in [0, 0.1) is 5.41 Å². The summed E-state index contributed by atoms with van der Waals surface area (Å²) in [6, 6.07) is -1.10. The van der Waals surface area contributed by atoms with E-state index in [1.165, 1.54) is 13.8 Å². The van der Waals surface area contributed by atoms with Gasteiger partial charge < -0.3 is 10.1 Å². The van der Waals surface area contributed by atoms with Gasteiger partial charge in [0.15, 0.2) is 0 Å². The molecule has 0 aliphatic heterocycles. The lowest BCUT2D eigenvalue weighted by Crippen LogP contribution is -2.31. The van der Waals surface area contributed by atoms with Gasteiger partial charge in [0.2, 0.25) is 0 Å². The van der Waals surface area contributed by atoms with Crippen LogP contribution >= 0.6 is 0 Å². The van der Waals surface area contributed by atoms with Gasteiger partial charge in [0.05, 0.1) is 12.0 Å². The molecule has 1 amide bonds. The van der Waals surface area contributed by atoms with Gasteiger partial charge in [-0.15, -0.1) is 0 Å². The molecule has 1 N–H and O–H groups in total. The molecule has 15 heavy (non-hydrogen) atoms. The summed E-state index contributed by atoms with van der Waals surface area (Å²) in [5.41, 5.74) is -1.16. The number of hydrogen-bond donors (Lipinski definition) is 1. The summed E-state index contributed by atoms with van der Waals surface area (Å²) in [6.45, 7) is 5.08. The van der Waals surface area contributed by atoms with Gasteiger partial charge in [-0.1, -0.05) is 27.2 Å². The largest absolute Gasteiger partial charge is 0.450 e. The quantitative estimate of drug-likeness (QED) is 0.741. The standard InChI is InChI=1S/C10H17F2NO2/c1-4-5-6-15-8(14)13-7-9(2,3)10(7,11)12/h7H,4-6H2,1-3H3,(H,13,14). The molecule has 0 heterocycles. The molecule has 1 aliphatic carbocycles. The van der Waals surface area contributed by atoms with Gasteiger partial charge in [-0.25, -0.2) is 13.6 Å². The van der Waals surface area contributed by atoms with E-state index in [9.17, 15) is 13.6 Å². The number of rotatable bonds is 4. The van der Waals surface area contributed by atoms with E-state index in [1.54, 1.807) is 0 Å². The predicted octanol–water partition coefficient (Wildman–Crippen LogP) is 2.56. The summed E-state index contributed by atoms with van der Waals surface area (Å²) in [6.07, 6.45) is 0.898. The highest BCUT2D eigenvalue weighted by molar-refractivity contribution is 5.68. The third-order valence-corrected chi connectivity index (χ3v) is 2.85. The van der Waals surface area contributed by atoms with Crippen LogP contribution in [0.3, 0.4) is 0 Å². The maximum atomic E-state index is 13.1. The van der Waals surface area contributed by atoms with Crippen LogP contribution in [0.25, 0.3) is 0 Å². The number of carbonyl (C=O) groups excluding carboxylic acids is 1. The first-order valence-corrected chi connectivity index (χ1v) is 5.15. The van der Waals surface area contributed by atoms with Crippen LogP contribution in [0.2, 0.25) is 0 Å². The van der Waals surface area contributed by atoms with Crippen molar-refractivity contribution >= 4 is 6.09 Å². The number of unbranched alkanes of at least 4 members (excludes halogenated alkanes) is 1. The van der Waals surface area contributed by atoms with E-state index in [0.717, 1.165) is 12.8 Å². The Labute approximate surface area is 88.2 Å². The molecule has 1 atom stereocenters. The molecule has 1 unspecified atom stereocenters. The van der Waals surface area contributed by atoms with Crippen LogP contribution in [-0.2, 0) is 4.74 Å². The smallest absolute Gasteiger partial charge is 0.407 e. The molecule has 88 valence electrons. The zero-order chi connectivity index (χ0) is 11.7. The molecule has 1 aliphatic rings. The number of alkyl carbamates (subject to hydrolysis) is 1. The normalized spacial score (nSPS) is 25.8. The van der Waals surface area contributed by atoms with E-state index in [-0.39, 0.29) is 6.61 Å². The lowest BCUT2D eigenvalue weighted by Gasteiger charge is -2.05. The van der Waals surface area contributed by atoms with Crippen molar-refractivity contribution in [1.82, 2.24) is 5.32 Å². The van der Waals surface area contributed by atoms with Crippen molar-refractivity contribution in [2.24, 2.45) is 5.41 Å². The first kappa shape index (κ1) is 12.2. The van der Waals surface area contributed by atoms with Gasteiger partial charge in [-0.05, 0) is 6.42 Å². The lowest BCUT2D eigenvalue weighted by molar-refractivity contribution is 0.0687. The van der Waals surface area contributed by atoms with E-state index in [4.69, 9.17) is 4.74 Å². The minimum absolute atomic E-state index is 0.279. The highest BCUT2D eigenvalue weighted by Crippen LogP contribution is 2.59. The van der Waals surface area contributed by atoms with Crippen LogP contribution in [-0.4, -0.2) is 24.7 Å². The minimum Gasteiger partial charge on any atom is -0.450 e. The molecule has 0 aromatic carbocycles. The van der Waals surface area contributed by atoms with Gasteiger partial charge in [-0.2, -0.15) is 0 Å². The number of nitrogens with one attached hydrogen (secondary N) is 1. The monoisotopic (exact) mass is 221 g/mol. The number of ether oxygens (including phenoxy) is 1. The molecule has 1 saturated carbocycles. The Bertz CT molecular complexity index is 240. The first-order chi connectivity index (χ1) is 6.84. The minimum atomic E-state index is -2.82. The van der Waals surface area contributed by atoms with Crippen LogP contribution in [0.1, 0.15) is 33.6 Å². The van der Waals surface area contributed by atoms with E-state index in [2.05, 4.69) is 5.32 Å². The molecular weight excluding hydrogens is 204 g/mol. The molecule has 0 bridgehead atoms. The average molecular weight is 221 g/mol. The van der Waals surface area contributed by atoms with Gasteiger partial charge in [0, 0.05) is 0 Å². The van der Waals surface area contributed by atoms with Crippen molar-refractivity contribution < 1.29 is 18.3 Å². The third-order valence-electron chi connectivity index (χ3n) is 2.85. The Morgan fingerprint density at radius 1 is 1.47 bits per heavy atom. The average Bonchev–Trinajstić information content (AvgIpc) is 2.49.